The molecule has 2 unspecified atom stereocenters. The Bertz CT molecular complexity index is 1330. The van der Waals surface area contributed by atoms with Gasteiger partial charge < -0.3 is 15.2 Å². The Labute approximate surface area is 200 Å². The Balaban J connectivity index is 1.40. The van der Waals surface area contributed by atoms with Crippen molar-refractivity contribution in [3.63, 3.8) is 0 Å². The predicted octanol–water partition coefficient (Wildman–Crippen LogP) is 4.45. The van der Waals surface area contributed by atoms with E-state index in [1.807, 2.05) is 40.7 Å². The van der Waals surface area contributed by atoms with E-state index in [1.165, 1.54) is 12.8 Å². The Morgan fingerprint density at radius 1 is 1.29 bits per heavy atom. The van der Waals surface area contributed by atoms with E-state index in [4.69, 9.17) is 10.8 Å². The van der Waals surface area contributed by atoms with Gasteiger partial charge in [0.2, 0.25) is 0 Å². The number of rotatable bonds is 6. The topological polar surface area (TPSA) is 80.9 Å². The number of carbonyl (C=O) groups excluding carboxylic acids is 1. The first-order chi connectivity index (χ1) is 16.5. The van der Waals surface area contributed by atoms with Gasteiger partial charge in [0.05, 0.1) is 16.8 Å². The summed E-state index contributed by atoms with van der Waals surface area (Å²) >= 11 is 0. The minimum absolute atomic E-state index is 0.0601. The number of aryl methyl sites for hydroxylation is 1. The molecule has 7 nitrogen and oxygen atoms in total. The van der Waals surface area contributed by atoms with Crippen molar-refractivity contribution >= 4 is 30.0 Å². The number of nitrogens with two attached hydrogens (primary N) is 1. The van der Waals surface area contributed by atoms with Crippen molar-refractivity contribution in [1.82, 2.24) is 19.1 Å². The average Bonchev–Trinajstić information content (AvgIpc) is 3.26. The molecule has 1 amide bonds. The lowest BCUT2D eigenvalue weighted by atomic mass is 10.1. The first-order valence-electron chi connectivity index (χ1n) is 12.4. The number of carbonyl (C=O) groups is 1. The fourth-order valence-electron chi connectivity index (χ4n) is 5.97. The number of pyridine rings is 1. The van der Waals surface area contributed by atoms with E-state index in [0.717, 1.165) is 59.8 Å². The first-order valence-corrected chi connectivity index (χ1v) is 12.4. The van der Waals surface area contributed by atoms with Crippen LogP contribution >= 0.6 is 0 Å². The van der Waals surface area contributed by atoms with Crippen LogP contribution in [0.4, 0.5) is 5.82 Å². The van der Waals surface area contributed by atoms with Gasteiger partial charge in [0.1, 0.15) is 11.5 Å². The summed E-state index contributed by atoms with van der Waals surface area (Å²) in [6.07, 6.45) is 10.6. The second kappa shape index (κ2) is 7.94. The van der Waals surface area contributed by atoms with E-state index in [-0.39, 0.29) is 18.0 Å². The second-order valence-corrected chi connectivity index (χ2v) is 10.2. The Morgan fingerprint density at radius 2 is 2.12 bits per heavy atom. The lowest BCUT2D eigenvalue weighted by Gasteiger charge is -2.27. The number of fused-ring (bicyclic) bond motifs is 3. The molecule has 3 aromatic heterocycles. The minimum Gasteiger partial charge on any atom is -0.334 e. The molecule has 2 aliphatic carbocycles. The van der Waals surface area contributed by atoms with E-state index >= 15 is 0 Å². The number of aliphatic imine (C=N–C) groups is 1. The molecule has 34 heavy (non-hydrogen) atoms. The van der Waals surface area contributed by atoms with Crippen LogP contribution in [0.2, 0.25) is 0 Å². The van der Waals surface area contributed by atoms with Gasteiger partial charge in [-0.05, 0) is 76.3 Å². The van der Waals surface area contributed by atoms with Crippen LogP contribution in [0.25, 0.3) is 23.0 Å². The maximum Gasteiger partial charge on any atom is 0.255 e. The number of hydrogen-bond acceptors (Lipinski definition) is 4. The lowest BCUT2D eigenvalue weighted by molar-refractivity contribution is 0.0700. The molecule has 3 aliphatic rings. The fourth-order valence-corrected chi connectivity index (χ4v) is 5.97. The summed E-state index contributed by atoms with van der Waals surface area (Å²) in [5.41, 5.74) is 12.1. The number of nitrogens with zero attached hydrogens (tertiary/aromatic N) is 5. The zero-order chi connectivity index (χ0) is 23.6. The Kier molecular flexibility index (Phi) is 4.99. The molecule has 6 rings (SSSR count). The monoisotopic (exact) mass is 456 g/mol. The molecule has 3 atom stereocenters. The van der Waals surface area contributed by atoms with Gasteiger partial charge in [-0.3, -0.25) is 4.79 Å². The van der Waals surface area contributed by atoms with Crippen molar-refractivity contribution in [2.45, 2.75) is 58.2 Å². The molecule has 0 spiro atoms. The van der Waals surface area contributed by atoms with Gasteiger partial charge in [0.15, 0.2) is 0 Å². The third-order valence-corrected chi connectivity index (χ3v) is 8.01. The molecule has 3 aromatic rings. The maximum absolute atomic E-state index is 13.3. The van der Waals surface area contributed by atoms with Crippen molar-refractivity contribution in [3.8, 4) is 11.4 Å². The summed E-state index contributed by atoms with van der Waals surface area (Å²) in [6, 6.07) is 6.39. The summed E-state index contributed by atoms with van der Waals surface area (Å²) in [7, 11) is 0. The van der Waals surface area contributed by atoms with Gasteiger partial charge in [0, 0.05) is 42.5 Å². The van der Waals surface area contributed by atoms with Gasteiger partial charge in [-0.15, -0.1) is 0 Å². The molecule has 2 bridgehead atoms. The minimum atomic E-state index is 0.0601. The Morgan fingerprint density at radius 3 is 2.76 bits per heavy atom. The number of piperidine rings is 1. The fraction of sp³-hybridized carbons (Fsp3) is 0.444. The number of likely N-dealkylation sites (tertiary alicyclic amines) is 1. The van der Waals surface area contributed by atoms with Gasteiger partial charge in [-0.1, -0.05) is 12.2 Å². The molecular formula is C27H32N6O. The van der Waals surface area contributed by atoms with Crippen LogP contribution in [0, 0.1) is 18.8 Å². The molecule has 176 valence electrons. The van der Waals surface area contributed by atoms with E-state index in [2.05, 4.69) is 35.3 Å². The normalized spacial score (nSPS) is 24.1. The van der Waals surface area contributed by atoms with E-state index in [0.29, 0.717) is 17.4 Å². The second-order valence-electron chi connectivity index (χ2n) is 10.2. The van der Waals surface area contributed by atoms with Crippen LogP contribution in [0.3, 0.4) is 0 Å². The number of hydrogen-bond donors (Lipinski definition) is 1. The zero-order valence-electron chi connectivity index (χ0n) is 19.9. The molecule has 1 aliphatic heterocycles. The molecule has 3 fully saturated rings. The molecule has 4 heterocycles. The molecule has 0 aromatic carbocycles. The lowest BCUT2D eigenvalue weighted by Crippen LogP contribution is -2.41. The number of amides is 1. The van der Waals surface area contributed by atoms with E-state index < -0.39 is 0 Å². The quantitative estimate of drug-likeness (QED) is 0.557. The van der Waals surface area contributed by atoms with Crippen molar-refractivity contribution in [2.75, 3.05) is 6.54 Å². The van der Waals surface area contributed by atoms with Crippen LogP contribution in [0.15, 0.2) is 35.5 Å². The molecule has 2 N–H and O–H groups in total. The van der Waals surface area contributed by atoms with Crippen LogP contribution in [0.1, 0.15) is 54.1 Å². The largest absolute Gasteiger partial charge is 0.334 e. The van der Waals surface area contributed by atoms with Crippen LogP contribution in [-0.2, 0) is 6.54 Å². The molecule has 0 radical (unpaired) electrons. The highest BCUT2D eigenvalue weighted by molar-refractivity contribution is 5.95. The van der Waals surface area contributed by atoms with Crippen molar-refractivity contribution in [2.24, 2.45) is 22.6 Å². The average molecular weight is 457 g/mol. The SMILES string of the molecule is C=Nc1c(/C=C\C)cc(-c2nn3cc(C(=O)N4CC5CCC4[C@@H]5N)ccc3c2C)n1CC1CC1. The molecule has 1 saturated heterocycles. The maximum atomic E-state index is 13.3. The van der Waals surface area contributed by atoms with Crippen LogP contribution in [0.5, 0.6) is 0 Å². The van der Waals surface area contributed by atoms with Crippen LogP contribution < -0.4 is 5.73 Å². The van der Waals surface area contributed by atoms with Gasteiger partial charge in [-0.2, -0.15) is 5.10 Å². The summed E-state index contributed by atoms with van der Waals surface area (Å²) in [4.78, 5) is 19.7. The highest BCUT2D eigenvalue weighted by Crippen LogP contribution is 2.40. The third-order valence-electron chi connectivity index (χ3n) is 8.01. The highest BCUT2D eigenvalue weighted by atomic mass is 16.2. The predicted molar refractivity (Wildman–Crippen MR) is 136 cm³/mol. The van der Waals surface area contributed by atoms with E-state index in [9.17, 15) is 4.79 Å². The molecule has 2 saturated carbocycles. The third kappa shape index (κ3) is 3.25. The Hall–Kier alpha value is -3.19. The van der Waals surface area contributed by atoms with Crippen LogP contribution in [-0.4, -0.2) is 50.3 Å². The van der Waals surface area contributed by atoms with Crippen molar-refractivity contribution in [1.29, 1.82) is 0 Å². The number of aromatic nitrogens is 3. The van der Waals surface area contributed by atoms with Crippen molar-refractivity contribution < 1.29 is 4.79 Å². The smallest absolute Gasteiger partial charge is 0.255 e. The van der Waals surface area contributed by atoms with Gasteiger partial charge in [-0.25, -0.2) is 9.51 Å². The molecule has 7 heteroatoms. The summed E-state index contributed by atoms with van der Waals surface area (Å²) in [5, 5.41) is 4.97. The van der Waals surface area contributed by atoms with Gasteiger partial charge >= 0.3 is 0 Å². The zero-order valence-corrected chi connectivity index (χ0v) is 19.9. The van der Waals surface area contributed by atoms with Crippen molar-refractivity contribution in [3.05, 3.63) is 47.2 Å². The van der Waals surface area contributed by atoms with Gasteiger partial charge in [0.25, 0.3) is 5.91 Å². The number of allylic oxidation sites excluding steroid dienone is 1. The molecular weight excluding hydrogens is 424 g/mol. The van der Waals surface area contributed by atoms with E-state index in [1.54, 1.807) is 0 Å². The summed E-state index contributed by atoms with van der Waals surface area (Å²) in [5.74, 6) is 2.08. The standard InChI is InChI=1S/C27H32N6O/c1-4-5-18-12-23(31(26(18)29-3)13-17-6-7-17)25-16(2)21-10-9-20(15-33(21)30-25)27(34)32-14-19-8-11-22(32)24(19)28/h4-5,9-10,12,15,17,19,22,24H,3,6-8,11,13-14,28H2,1-2H3/b5-4-/t19?,22?,24-/m1/s1. The summed E-state index contributed by atoms with van der Waals surface area (Å²) in [6.45, 7) is 9.65. The highest BCUT2D eigenvalue weighted by Gasteiger charge is 2.46. The summed E-state index contributed by atoms with van der Waals surface area (Å²) < 4.78 is 4.13. The first kappa shape index (κ1) is 21.4.